The van der Waals surface area contributed by atoms with Crippen LogP contribution in [0.1, 0.15) is 44.9 Å². The number of hydrogen-bond donors (Lipinski definition) is 1. The molecule has 20 heavy (non-hydrogen) atoms. The SMILES string of the molecule is CN1CCCCC1CN1CC(=O)NC2(CCCC2)C1=O. The fourth-order valence-corrected chi connectivity index (χ4v) is 4.00. The third-order valence-electron chi connectivity index (χ3n) is 5.22. The molecule has 0 aromatic rings. The zero-order chi connectivity index (χ0) is 14.2. The third kappa shape index (κ3) is 2.43. The van der Waals surface area contributed by atoms with Crippen molar-refractivity contribution in [3.8, 4) is 0 Å². The second kappa shape index (κ2) is 5.35. The zero-order valence-corrected chi connectivity index (χ0v) is 12.4. The summed E-state index contributed by atoms with van der Waals surface area (Å²) < 4.78 is 0. The van der Waals surface area contributed by atoms with Gasteiger partial charge in [0.05, 0.1) is 6.54 Å². The Labute approximate surface area is 120 Å². The van der Waals surface area contributed by atoms with Crippen molar-refractivity contribution >= 4 is 11.8 Å². The van der Waals surface area contributed by atoms with Crippen molar-refractivity contribution in [2.45, 2.75) is 56.5 Å². The van der Waals surface area contributed by atoms with E-state index >= 15 is 0 Å². The Bertz CT molecular complexity index is 404. The lowest BCUT2D eigenvalue weighted by Gasteiger charge is -2.43. The lowest BCUT2D eigenvalue weighted by molar-refractivity contribution is -0.150. The molecule has 5 heteroatoms. The Morgan fingerprint density at radius 2 is 1.95 bits per heavy atom. The standard InChI is InChI=1S/C15H25N3O2/c1-17-9-5-2-6-12(17)10-18-11-13(19)16-15(14(18)20)7-3-4-8-15/h12H,2-11H2,1H3,(H,16,19). The molecule has 112 valence electrons. The molecule has 2 aliphatic heterocycles. The molecule has 3 rings (SSSR count). The smallest absolute Gasteiger partial charge is 0.248 e. The van der Waals surface area contributed by atoms with Crippen LogP contribution in [0.15, 0.2) is 0 Å². The van der Waals surface area contributed by atoms with E-state index in [1.807, 2.05) is 4.90 Å². The summed E-state index contributed by atoms with van der Waals surface area (Å²) >= 11 is 0. The van der Waals surface area contributed by atoms with E-state index in [0.717, 1.165) is 38.6 Å². The van der Waals surface area contributed by atoms with Crippen LogP contribution in [0.3, 0.4) is 0 Å². The van der Waals surface area contributed by atoms with Crippen LogP contribution in [-0.2, 0) is 9.59 Å². The minimum Gasteiger partial charge on any atom is -0.340 e. The maximum atomic E-state index is 12.8. The quantitative estimate of drug-likeness (QED) is 0.811. The van der Waals surface area contributed by atoms with Crippen LogP contribution in [0.25, 0.3) is 0 Å². The van der Waals surface area contributed by atoms with Crippen molar-refractivity contribution < 1.29 is 9.59 Å². The molecule has 2 heterocycles. The van der Waals surface area contributed by atoms with Gasteiger partial charge in [0, 0.05) is 12.6 Å². The maximum Gasteiger partial charge on any atom is 0.248 e. The van der Waals surface area contributed by atoms with E-state index in [0.29, 0.717) is 12.6 Å². The molecule has 0 radical (unpaired) electrons. The second-order valence-corrected chi connectivity index (χ2v) is 6.65. The molecule has 1 saturated carbocycles. The van der Waals surface area contributed by atoms with E-state index in [1.54, 1.807) is 0 Å². The average Bonchev–Trinajstić information content (AvgIpc) is 2.87. The number of nitrogens with one attached hydrogen (secondary N) is 1. The number of likely N-dealkylation sites (N-methyl/N-ethyl adjacent to an activating group) is 1. The molecule has 0 aromatic carbocycles. The number of nitrogens with zero attached hydrogens (tertiary/aromatic N) is 2. The molecule has 3 aliphatic rings. The molecular formula is C15H25N3O2. The second-order valence-electron chi connectivity index (χ2n) is 6.65. The summed E-state index contributed by atoms with van der Waals surface area (Å²) in [6.45, 7) is 2.06. The summed E-state index contributed by atoms with van der Waals surface area (Å²) in [5.41, 5.74) is -0.567. The molecule has 1 unspecified atom stereocenters. The summed E-state index contributed by atoms with van der Waals surface area (Å²) in [6.07, 6.45) is 7.32. The predicted octanol–water partition coefficient (Wildman–Crippen LogP) is 0.742. The topological polar surface area (TPSA) is 52.6 Å². The number of likely N-dealkylation sites (tertiary alicyclic amines) is 1. The first-order valence-corrected chi connectivity index (χ1v) is 7.91. The van der Waals surface area contributed by atoms with Crippen molar-refractivity contribution in [2.24, 2.45) is 0 Å². The van der Waals surface area contributed by atoms with E-state index in [-0.39, 0.29) is 18.4 Å². The van der Waals surface area contributed by atoms with Gasteiger partial charge < -0.3 is 15.1 Å². The van der Waals surface area contributed by atoms with Crippen molar-refractivity contribution in [1.82, 2.24) is 15.1 Å². The van der Waals surface area contributed by atoms with Gasteiger partial charge in [0.25, 0.3) is 0 Å². The normalized spacial score (nSPS) is 30.9. The molecule has 3 fully saturated rings. The molecule has 2 saturated heterocycles. The highest BCUT2D eigenvalue weighted by atomic mass is 16.2. The Balaban J connectivity index is 1.71. The molecule has 1 N–H and O–H groups in total. The number of piperidine rings is 1. The summed E-state index contributed by atoms with van der Waals surface area (Å²) in [5.74, 6) is 0.179. The largest absolute Gasteiger partial charge is 0.340 e. The van der Waals surface area contributed by atoms with Gasteiger partial charge in [0.1, 0.15) is 5.54 Å². The molecule has 5 nitrogen and oxygen atoms in total. The zero-order valence-electron chi connectivity index (χ0n) is 12.4. The van der Waals surface area contributed by atoms with Crippen molar-refractivity contribution in [2.75, 3.05) is 26.7 Å². The number of piperazine rings is 1. The molecule has 1 spiro atoms. The van der Waals surface area contributed by atoms with Crippen LogP contribution in [-0.4, -0.2) is 59.9 Å². The number of hydrogen-bond acceptors (Lipinski definition) is 3. The van der Waals surface area contributed by atoms with Crippen molar-refractivity contribution in [3.05, 3.63) is 0 Å². The highest BCUT2D eigenvalue weighted by molar-refractivity contribution is 5.98. The van der Waals surface area contributed by atoms with Gasteiger partial charge in [-0.15, -0.1) is 0 Å². The highest BCUT2D eigenvalue weighted by Gasteiger charge is 2.48. The lowest BCUT2D eigenvalue weighted by atomic mass is 9.92. The van der Waals surface area contributed by atoms with Crippen molar-refractivity contribution in [1.29, 1.82) is 0 Å². The number of amides is 2. The van der Waals surface area contributed by atoms with Gasteiger partial charge in [-0.2, -0.15) is 0 Å². The summed E-state index contributed by atoms with van der Waals surface area (Å²) in [4.78, 5) is 28.9. The van der Waals surface area contributed by atoms with Gasteiger partial charge in [-0.05, 0) is 39.3 Å². The first-order valence-electron chi connectivity index (χ1n) is 7.91. The van der Waals surface area contributed by atoms with Crippen LogP contribution in [0.4, 0.5) is 0 Å². The minimum atomic E-state index is -0.567. The highest BCUT2D eigenvalue weighted by Crippen LogP contribution is 2.33. The first-order chi connectivity index (χ1) is 9.61. The van der Waals surface area contributed by atoms with E-state index in [9.17, 15) is 9.59 Å². The fourth-order valence-electron chi connectivity index (χ4n) is 4.00. The summed E-state index contributed by atoms with van der Waals surface area (Å²) in [5, 5.41) is 2.98. The Morgan fingerprint density at radius 1 is 1.20 bits per heavy atom. The molecule has 0 bridgehead atoms. The molecule has 0 aromatic heterocycles. The minimum absolute atomic E-state index is 0.0185. The van der Waals surface area contributed by atoms with E-state index in [2.05, 4.69) is 17.3 Å². The van der Waals surface area contributed by atoms with Crippen LogP contribution >= 0.6 is 0 Å². The Morgan fingerprint density at radius 3 is 2.65 bits per heavy atom. The molecule has 2 amide bonds. The Kier molecular flexibility index (Phi) is 3.71. The average molecular weight is 279 g/mol. The first kappa shape index (κ1) is 13.9. The van der Waals surface area contributed by atoms with Gasteiger partial charge in [-0.1, -0.05) is 19.3 Å². The van der Waals surface area contributed by atoms with Gasteiger partial charge in [0.15, 0.2) is 0 Å². The fraction of sp³-hybridized carbons (Fsp3) is 0.867. The van der Waals surface area contributed by atoms with Crippen molar-refractivity contribution in [3.63, 3.8) is 0 Å². The van der Waals surface area contributed by atoms with Crippen LogP contribution in [0, 0.1) is 0 Å². The summed E-state index contributed by atoms with van der Waals surface area (Å²) in [7, 11) is 2.13. The van der Waals surface area contributed by atoms with E-state index < -0.39 is 5.54 Å². The number of carbonyl (C=O) groups is 2. The Hall–Kier alpha value is -1.10. The molecule has 1 aliphatic carbocycles. The van der Waals surface area contributed by atoms with Crippen LogP contribution in [0.2, 0.25) is 0 Å². The van der Waals surface area contributed by atoms with E-state index in [4.69, 9.17) is 0 Å². The number of rotatable bonds is 2. The lowest BCUT2D eigenvalue weighted by Crippen LogP contribution is -2.66. The van der Waals surface area contributed by atoms with Gasteiger partial charge in [-0.25, -0.2) is 0 Å². The monoisotopic (exact) mass is 279 g/mol. The van der Waals surface area contributed by atoms with Gasteiger partial charge in [0.2, 0.25) is 11.8 Å². The maximum absolute atomic E-state index is 12.8. The number of carbonyl (C=O) groups excluding carboxylic acids is 2. The van der Waals surface area contributed by atoms with Crippen LogP contribution in [0.5, 0.6) is 0 Å². The van der Waals surface area contributed by atoms with Crippen LogP contribution < -0.4 is 5.32 Å². The molecular weight excluding hydrogens is 254 g/mol. The van der Waals surface area contributed by atoms with Gasteiger partial charge >= 0.3 is 0 Å². The predicted molar refractivity (Wildman–Crippen MR) is 76.2 cm³/mol. The van der Waals surface area contributed by atoms with Gasteiger partial charge in [-0.3, -0.25) is 9.59 Å². The summed E-state index contributed by atoms with van der Waals surface area (Å²) in [6, 6.07) is 0.414. The third-order valence-corrected chi connectivity index (χ3v) is 5.22. The molecule has 1 atom stereocenters. The van der Waals surface area contributed by atoms with E-state index in [1.165, 1.54) is 12.8 Å².